The minimum Gasteiger partial charge on any atom is -0.456 e. The maximum Gasteiger partial charge on any atom is 0.306 e. The van der Waals surface area contributed by atoms with Crippen molar-refractivity contribution in [3.05, 3.63) is 47.0 Å². The van der Waals surface area contributed by atoms with E-state index in [-0.39, 0.29) is 31.1 Å². The maximum absolute atomic E-state index is 12.4. The first-order valence-electron chi connectivity index (χ1n) is 9.63. The van der Waals surface area contributed by atoms with Crippen molar-refractivity contribution in [3.8, 4) is 0 Å². The summed E-state index contributed by atoms with van der Waals surface area (Å²) in [6, 6.07) is 5.83. The van der Waals surface area contributed by atoms with Crippen LogP contribution in [-0.4, -0.2) is 42.3 Å². The third kappa shape index (κ3) is 6.35. The van der Waals surface area contributed by atoms with Crippen molar-refractivity contribution < 1.29 is 19.1 Å². The molecule has 0 unspecified atom stereocenters. The number of ether oxygens (including phenoxy) is 1. The highest BCUT2D eigenvalue weighted by molar-refractivity contribution is 5.97. The molecule has 5 nitrogen and oxygen atoms in total. The summed E-state index contributed by atoms with van der Waals surface area (Å²) in [7, 11) is 0. The number of rotatable bonds is 9. The van der Waals surface area contributed by atoms with Crippen LogP contribution in [0.1, 0.15) is 61.0 Å². The fraction of sp³-hybridized carbons (Fsp3) is 0.500. The van der Waals surface area contributed by atoms with Crippen molar-refractivity contribution in [1.29, 1.82) is 0 Å². The Morgan fingerprint density at radius 1 is 1.11 bits per heavy atom. The zero-order valence-electron chi connectivity index (χ0n) is 16.4. The van der Waals surface area contributed by atoms with E-state index in [1.54, 1.807) is 4.90 Å². The lowest BCUT2D eigenvalue weighted by Gasteiger charge is -2.20. The number of amides is 1. The van der Waals surface area contributed by atoms with E-state index in [1.165, 1.54) is 17.5 Å². The summed E-state index contributed by atoms with van der Waals surface area (Å²) < 4.78 is 5.03. The second-order valence-corrected chi connectivity index (χ2v) is 7.14. The fourth-order valence-electron chi connectivity index (χ4n) is 3.27. The SMILES string of the molecule is C=C(C)CN(CC)C(=O)COC(=O)CCC(=O)c1ccc2c(c1)CCCC2. The standard InChI is InChI=1S/C22H29NO4/c1-4-23(14-16(2)3)21(25)15-27-22(26)12-11-20(24)19-10-9-17-7-5-6-8-18(17)13-19/h9-10,13H,2,4-8,11-12,14-15H2,1,3H3. The number of carbonyl (C=O) groups excluding carboxylic acids is 3. The van der Waals surface area contributed by atoms with Crippen LogP contribution >= 0.6 is 0 Å². The van der Waals surface area contributed by atoms with Crippen molar-refractivity contribution in [2.75, 3.05) is 19.7 Å². The van der Waals surface area contributed by atoms with Crippen molar-refractivity contribution in [1.82, 2.24) is 4.90 Å². The predicted octanol–water partition coefficient (Wildman–Crippen LogP) is 3.50. The predicted molar refractivity (Wildman–Crippen MR) is 105 cm³/mol. The van der Waals surface area contributed by atoms with Gasteiger partial charge in [-0.05, 0) is 56.7 Å². The van der Waals surface area contributed by atoms with Crippen LogP contribution in [0.5, 0.6) is 0 Å². The van der Waals surface area contributed by atoms with Gasteiger partial charge in [-0.15, -0.1) is 0 Å². The summed E-state index contributed by atoms with van der Waals surface area (Å²) in [5, 5.41) is 0. The molecule has 146 valence electrons. The number of hydrogen-bond donors (Lipinski definition) is 0. The van der Waals surface area contributed by atoms with Gasteiger partial charge in [0.1, 0.15) is 0 Å². The number of likely N-dealkylation sites (N-methyl/N-ethyl adjacent to an activating group) is 1. The first kappa shape index (κ1) is 20.9. The van der Waals surface area contributed by atoms with Crippen LogP contribution in [0.2, 0.25) is 0 Å². The van der Waals surface area contributed by atoms with Gasteiger partial charge in [-0.2, -0.15) is 0 Å². The van der Waals surface area contributed by atoms with Crippen LogP contribution in [0.25, 0.3) is 0 Å². The number of carbonyl (C=O) groups is 3. The first-order chi connectivity index (χ1) is 12.9. The van der Waals surface area contributed by atoms with Gasteiger partial charge in [0.25, 0.3) is 5.91 Å². The number of ketones is 1. The Morgan fingerprint density at radius 3 is 2.48 bits per heavy atom. The molecule has 0 bridgehead atoms. The maximum atomic E-state index is 12.4. The molecule has 1 aliphatic carbocycles. The number of esters is 1. The normalized spacial score (nSPS) is 12.8. The van der Waals surface area contributed by atoms with Crippen LogP contribution < -0.4 is 0 Å². The Balaban J connectivity index is 1.78. The molecule has 0 fully saturated rings. The molecule has 0 saturated carbocycles. The zero-order chi connectivity index (χ0) is 19.8. The van der Waals surface area contributed by atoms with Crippen molar-refractivity contribution in [3.63, 3.8) is 0 Å². The second-order valence-electron chi connectivity index (χ2n) is 7.14. The highest BCUT2D eigenvalue weighted by Gasteiger charge is 2.17. The molecule has 0 atom stereocenters. The zero-order valence-corrected chi connectivity index (χ0v) is 16.4. The average molecular weight is 371 g/mol. The van der Waals surface area contributed by atoms with Gasteiger partial charge >= 0.3 is 5.97 Å². The Hall–Kier alpha value is -2.43. The van der Waals surface area contributed by atoms with Gasteiger partial charge in [-0.3, -0.25) is 14.4 Å². The molecule has 0 aliphatic heterocycles. The molecule has 0 N–H and O–H groups in total. The number of nitrogens with zero attached hydrogens (tertiary/aromatic N) is 1. The highest BCUT2D eigenvalue weighted by Crippen LogP contribution is 2.23. The number of fused-ring (bicyclic) bond motifs is 1. The number of hydrogen-bond acceptors (Lipinski definition) is 4. The smallest absolute Gasteiger partial charge is 0.306 e. The van der Waals surface area contributed by atoms with E-state index < -0.39 is 5.97 Å². The number of aryl methyl sites for hydroxylation is 2. The quantitative estimate of drug-likeness (QED) is 0.379. The molecule has 27 heavy (non-hydrogen) atoms. The molecule has 2 rings (SSSR count). The summed E-state index contributed by atoms with van der Waals surface area (Å²) >= 11 is 0. The third-order valence-corrected chi connectivity index (χ3v) is 4.78. The molecule has 1 aromatic carbocycles. The summed E-state index contributed by atoms with van der Waals surface area (Å²) in [4.78, 5) is 37.9. The molecule has 0 spiro atoms. The molecule has 1 aliphatic rings. The molecule has 0 radical (unpaired) electrons. The Bertz CT molecular complexity index is 723. The summed E-state index contributed by atoms with van der Waals surface area (Å²) in [6.45, 7) is 8.17. The number of benzene rings is 1. The summed E-state index contributed by atoms with van der Waals surface area (Å²) in [5.74, 6) is -0.847. The van der Waals surface area contributed by atoms with Crippen LogP contribution in [0, 0.1) is 0 Å². The van der Waals surface area contributed by atoms with Gasteiger partial charge in [0.2, 0.25) is 0 Å². The topological polar surface area (TPSA) is 63.7 Å². The van der Waals surface area contributed by atoms with Gasteiger partial charge < -0.3 is 9.64 Å². The van der Waals surface area contributed by atoms with Crippen LogP contribution in [0.3, 0.4) is 0 Å². The van der Waals surface area contributed by atoms with Gasteiger partial charge in [0.15, 0.2) is 12.4 Å². The van der Waals surface area contributed by atoms with Gasteiger partial charge in [0.05, 0.1) is 6.42 Å². The van der Waals surface area contributed by atoms with E-state index >= 15 is 0 Å². The second kappa shape index (κ2) is 10.0. The van der Waals surface area contributed by atoms with E-state index in [9.17, 15) is 14.4 Å². The van der Waals surface area contributed by atoms with Crippen LogP contribution in [-0.2, 0) is 27.2 Å². The third-order valence-electron chi connectivity index (χ3n) is 4.78. The molecular weight excluding hydrogens is 342 g/mol. The minimum absolute atomic E-state index is 0.0180. The van der Waals surface area contributed by atoms with Gasteiger partial charge in [-0.1, -0.05) is 24.3 Å². The van der Waals surface area contributed by atoms with E-state index in [0.29, 0.717) is 18.7 Å². The van der Waals surface area contributed by atoms with E-state index in [0.717, 1.165) is 24.8 Å². The average Bonchev–Trinajstić information content (AvgIpc) is 2.67. The van der Waals surface area contributed by atoms with E-state index in [4.69, 9.17) is 4.74 Å². The van der Waals surface area contributed by atoms with Crippen LogP contribution in [0.15, 0.2) is 30.4 Å². The van der Waals surface area contributed by atoms with Gasteiger partial charge in [0, 0.05) is 25.1 Å². The lowest BCUT2D eigenvalue weighted by atomic mass is 9.89. The molecule has 0 saturated heterocycles. The monoisotopic (exact) mass is 371 g/mol. The largest absolute Gasteiger partial charge is 0.456 e. The van der Waals surface area contributed by atoms with Gasteiger partial charge in [-0.25, -0.2) is 0 Å². The van der Waals surface area contributed by atoms with E-state index in [1.807, 2.05) is 32.0 Å². The van der Waals surface area contributed by atoms with E-state index in [2.05, 4.69) is 6.58 Å². The van der Waals surface area contributed by atoms with Crippen molar-refractivity contribution in [2.24, 2.45) is 0 Å². The van der Waals surface area contributed by atoms with Crippen molar-refractivity contribution in [2.45, 2.75) is 52.4 Å². The minimum atomic E-state index is -0.527. The lowest BCUT2D eigenvalue weighted by Crippen LogP contribution is -2.35. The molecule has 1 amide bonds. The lowest BCUT2D eigenvalue weighted by molar-refractivity contribution is -0.151. The van der Waals surface area contributed by atoms with Crippen LogP contribution in [0.4, 0.5) is 0 Å². The number of Topliss-reactive ketones (excluding diaryl/α,β-unsaturated/α-hetero) is 1. The first-order valence-corrected chi connectivity index (χ1v) is 9.63. The molecule has 0 heterocycles. The fourth-order valence-corrected chi connectivity index (χ4v) is 3.27. The molecular formula is C22H29NO4. The molecule has 1 aromatic rings. The highest BCUT2D eigenvalue weighted by atomic mass is 16.5. The Labute approximate surface area is 161 Å². The summed E-state index contributed by atoms with van der Waals surface area (Å²) in [6.07, 6.45) is 4.52. The summed E-state index contributed by atoms with van der Waals surface area (Å²) in [5.41, 5.74) is 4.09. The Kier molecular flexibility index (Phi) is 7.77. The Morgan fingerprint density at radius 2 is 1.81 bits per heavy atom. The van der Waals surface area contributed by atoms with Crippen molar-refractivity contribution >= 4 is 17.7 Å². The molecule has 0 aromatic heterocycles. The molecule has 5 heteroatoms.